The Hall–Kier alpha value is -0.883. The van der Waals surface area contributed by atoms with E-state index >= 15 is 0 Å². The molecule has 10 heavy (non-hydrogen) atoms. The lowest BCUT2D eigenvalue weighted by atomic mass is 10.3. The summed E-state index contributed by atoms with van der Waals surface area (Å²) < 4.78 is 8.84. The molecule has 1 saturated heterocycles. The molecule has 1 rings (SSSR count). The van der Waals surface area contributed by atoms with E-state index in [4.69, 9.17) is 0 Å². The van der Waals surface area contributed by atoms with Crippen LogP contribution >= 0.6 is 0 Å². The Morgan fingerprint density at radius 1 is 1.20 bits per heavy atom. The molecule has 0 aliphatic carbocycles. The average molecular weight is 162 g/mol. The van der Waals surface area contributed by atoms with E-state index in [-0.39, 0.29) is 18.8 Å². The van der Waals surface area contributed by atoms with Crippen LogP contribution in [0.25, 0.3) is 0 Å². The van der Waals surface area contributed by atoms with Gasteiger partial charge < -0.3 is 9.31 Å². The summed E-state index contributed by atoms with van der Waals surface area (Å²) in [6.45, 7) is 0. The Morgan fingerprint density at radius 3 is 2.70 bits per heavy atom. The molecule has 0 spiro atoms. The first-order chi connectivity index (χ1) is 4.79. The molecular weight excluding hydrogens is 156 g/mol. The molecular formula is C4H6O5Si. The second kappa shape index (κ2) is 3.33. The van der Waals surface area contributed by atoms with Crippen LogP contribution in [0.5, 0.6) is 0 Å². The van der Waals surface area contributed by atoms with Crippen molar-refractivity contribution in [1.29, 1.82) is 0 Å². The fourth-order valence-corrected chi connectivity index (χ4v) is 1.00. The zero-order valence-electron chi connectivity index (χ0n) is 5.16. The summed E-state index contributed by atoms with van der Waals surface area (Å²) in [6, 6.07) is 0. The summed E-state index contributed by atoms with van der Waals surface area (Å²) in [4.78, 5) is 25.1. The number of carbonyl (C=O) groups is 2. The Balaban J connectivity index is 2.36. The molecule has 1 aliphatic rings. The largest absolute Gasteiger partial charge is 0.496 e. The van der Waals surface area contributed by atoms with E-state index < -0.39 is 16.0 Å². The lowest BCUT2D eigenvalue weighted by Gasteiger charge is -2.07. The van der Waals surface area contributed by atoms with Crippen molar-refractivity contribution in [3.05, 3.63) is 0 Å². The van der Waals surface area contributed by atoms with Gasteiger partial charge in [0, 0.05) is 0 Å². The van der Waals surface area contributed by atoms with Crippen molar-refractivity contribution < 1.29 is 23.5 Å². The molecule has 0 aromatic heterocycles. The van der Waals surface area contributed by atoms with E-state index in [1.54, 1.807) is 0 Å². The third kappa shape index (κ3) is 2.15. The van der Waals surface area contributed by atoms with Crippen LogP contribution in [0.1, 0.15) is 12.8 Å². The smallest absolute Gasteiger partial charge is 0.418 e. The van der Waals surface area contributed by atoms with Crippen LogP contribution in [-0.4, -0.2) is 21.9 Å². The molecule has 0 bridgehead atoms. The fourth-order valence-electron chi connectivity index (χ4n) is 0.498. The molecule has 0 aromatic rings. The summed E-state index contributed by atoms with van der Waals surface area (Å²) in [5.41, 5.74) is 0. The molecule has 0 N–H and O–H groups in total. The van der Waals surface area contributed by atoms with Crippen molar-refractivity contribution in [2.75, 3.05) is 0 Å². The second-order valence-corrected chi connectivity index (χ2v) is 2.47. The van der Waals surface area contributed by atoms with Gasteiger partial charge in [-0.15, -0.1) is 0 Å². The van der Waals surface area contributed by atoms with Gasteiger partial charge in [-0.05, 0) is 0 Å². The van der Waals surface area contributed by atoms with Gasteiger partial charge in [-0.1, -0.05) is 0 Å². The SMILES string of the molecule is O=C1CCC(=O)O[SiH2]OO1. The molecule has 0 atom stereocenters. The minimum atomic E-state index is -1.42. The molecule has 5 nitrogen and oxygen atoms in total. The van der Waals surface area contributed by atoms with E-state index in [0.29, 0.717) is 0 Å². The van der Waals surface area contributed by atoms with E-state index in [0.717, 1.165) is 0 Å². The monoisotopic (exact) mass is 162 g/mol. The zero-order valence-corrected chi connectivity index (χ0v) is 6.58. The first kappa shape index (κ1) is 7.23. The molecule has 0 unspecified atom stereocenters. The van der Waals surface area contributed by atoms with Crippen molar-refractivity contribution in [2.45, 2.75) is 12.8 Å². The van der Waals surface area contributed by atoms with Crippen LogP contribution in [-0.2, 0) is 23.5 Å². The normalized spacial score (nSPS) is 22.8. The summed E-state index contributed by atoms with van der Waals surface area (Å²) in [5.74, 6) is -0.896. The Labute approximate surface area is 59.2 Å². The molecule has 6 heteroatoms. The first-order valence-electron chi connectivity index (χ1n) is 2.77. The van der Waals surface area contributed by atoms with Gasteiger partial charge in [0.05, 0.1) is 12.8 Å². The van der Waals surface area contributed by atoms with Crippen LogP contribution in [0.3, 0.4) is 0 Å². The molecule has 0 amide bonds. The maximum atomic E-state index is 10.5. The molecule has 0 radical (unpaired) electrons. The third-order valence-electron chi connectivity index (χ3n) is 0.953. The van der Waals surface area contributed by atoms with Crippen LogP contribution in [0.4, 0.5) is 0 Å². The minimum absolute atomic E-state index is 0.0350. The van der Waals surface area contributed by atoms with Crippen LogP contribution in [0.2, 0.25) is 0 Å². The van der Waals surface area contributed by atoms with E-state index in [1.165, 1.54) is 0 Å². The third-order valence-corrected chi connectivity index (χ3v) is 1.61. The maximum Gasteiger partial charge on any atom is 0.418 e. The topological polar surface area (TPSA) is 61.8 Å². The summed E-state index contributed by atoms with van der Waals surface area (Å²) >= 11 is 0. The Kier molecular flexibility index (Phi) is 2.40. The average Bonchev–Trinajstić information content (AvgIpc) is 1.90. The van der Waals surface area contributed by atoms with Crippen LogP contribution in [0.15, 0.2) is 0 Å². The standard InChI is InChI=1S/C4H6O5Si/c5-3-1-2-4(6)8-10-9-7-3/h1-2,10H2. The number of hydrogen-bond acceptors (Lipinski definition) is 5. The highest BCUT2D eigenvalue weighted by Gasteiger charge is 2.13. The van der Waals surface area contributed by atoms with Gasteiger partial charge in [0.1, 0.15) is 0 Å². The predicted molar refractivity (Wildman–Crippen MR) is 31.0 cm³/mol. The van der Waals surface area contributed by atoms with Gasteiger partial charge in [0.25, 0.3) is 5.97 Å². The minimum Gasteiger partial charge on any atom is -0.496 e. The van der Waals surface area contributed by atoms with Crippen molar-refractivity contribution in [3.63, 3.8) is 0 Å². The Bertz CT molecular complexity index is 138. The predicted octanol–water partition coefficient (Wildman–Crippen LogP) is -1.20. The van der Waals surface area contributed by atoms with Gasteiger partial charge in [-0.2, -0.15) is 4.58 Å². The van der Waals surface area contributed by atoms with E-state index in [9.17, 15) is 9.59 Å². The summed E-state index contributed by atoms with van der Waals surface area (Å²) in [5, 5.41) is 0. The van der Waals surface area contributed by atoms with Gasteiger partial charge in [-0.25, -0.2) is 4.79 Å². The molecule has 0 aromatic carbocycles. The number of rotatable bonds is 0. The quantitative estimate of drug-likeness (QED) is 0.330. The van der Waals surface area contributed by atoms with Gasteiger partial charge in [0.2, 0.25) is 0 Å². The zero-order chi connectivity index (χ0) is 7.40. The molecule has 0 saturated carbocycles. The van der Waals surface area contributed by atoms with Gasteiger partial charge in [0.15, 0.2) is 0 Å². The van der Waals surface area contributed by atoms with Crippen LogP contribution in [0, 0.1) is 0 Å². The van der Waals surface area contributed by atoms with E-state index in [2.05, 4.69) is 13.9 Å². The molecule has 1 heterocycles. The summed E-state index contributed by atoms with van der Waals surface area (Å²) in [6.07, 6.45) is 0.127. The first-order valence-corrected chi connectivity index (χ1v) is 3.92. The van der Waals surface area contributed by atoms with Gasteiger partial charge >= 0.3 is 16.0 Å². The van der Waals surface area contributed by atoms with Crippen molar-refractivity contribution in [2.24, 2.45) is 0 Å². The maximum absolute atomic E-state index is 10.5. The fraction of sp³-hybridized carbons (Fsp3) is 0.500. The van der Waals surface area contributed by atoms with E-state index in [1.807, 2.05) is 0 Å². The molecule has 56 valence electrons. The summed E-state index contributed by atoms with van der Waals surface area (Å²) in [7, 11) is -1.42. The van der Waals surface area contributed by atoms with Crippen LogP contribution < -0.4 is 0 Å². The highest BCUT2D eigenvalue weighted by Crippen LogP contribution is 1.99. The van der Waals surface area contributed by atoms with Crippen molar-refractivity contribution >= 4 is 21.9 Å². The number of hydrogen-bond donors (Lipinski definition) is 0. The molecule has 1 aliphatic heterocycles. The lowest BCUT2D eigenvalue weighted by molar-refractivity contribution is -0.223. The Morgan fingerprint density at radius 2 is 1.90 bits per heavy atom. The van der Waals surface area contributed by atoms with Crippen molar-refractivity contribution in [3.8, 4) is 0 Å². The highest BCUT2D eigenvalue weighted by atomic mass is 28.3. The highest BCUT2D eigenvalue weighted by molar-refractivity contribution is 6.22. The van der Waals surface area contributed by atoms with Gasteiger partial charge in [-0.3, -0.25) is 4.79 Å². The van der Waals surface area contributed by atoms with Crippen molar-refractivity contribution in [1.82, 2.24) is 0 Å². The second-order valence-electron chi connectivity index (χ2n) is 1.71. The number of carbonyl (C=O) groups excluding carboxylic acids is 2. The lowest BCUT2D eigenvalue weighted by Crippen LogP contribution is -2.19. The molecule has 1 fully saturated rings.